The summed E-state index contributed by atoms with van der Waals surface area (Å²) >= 11 is 0. The summed E-state index contributed by atoms with van der Waals surface area (Å²) in [6, 6.07) is 1.18. The van der Waals surface area contributed by atoms with E-state index in [4.69, 9.17) is 4.74 Å². The van der Waals surface area contributed by atoms with Crippen molar-refractivity contribution < 1.29 is 19.8 Å². The van der Waals surface area contributed by atoms with Gasteiger partial charge in [-0.15, -0.1) is 0 Å². The van der Waals surface area contributed by atoms with E-state index in [-0.39, 0.29) is 0 Å². The largest absolute Gasteiger partial charge is 0.387 e. The highest BCUT2D eigenvalue weighted by Crippen LogP contribution is 2.27. The van der Waals surface area contributed by atoms with Crippen LogP contribution in [0.5, 0.6) is 0 Å². The van der Waals surface area contributed by atoms with Crippen LogP contribution < -0.4 is 16.1 Å². The zero-order valence-electron chi connectivity index (χ0n) is 11.6. The third-order valence-corrected chi connectivity index (χ3v) is 4.26. The summed E-state index contributed by atoms with van der Waals surface area (Å²) < 4.78 is 6.78. The van der Waals surface area contributed by atoms with Crippen LogP contribution in [0.3, 0.4) is 0 Å². The van der Waals surface area contributed by atoms with Crippen molar-refractivity contribution in [3.8, 4) is 0 Å². The molecule has 0 aliphatic carbocycles. The number of aliphatic hydroxyl groups is 2. The van der Waals surface area contributed by atoms with Gasteiger partial charge in [0.15, 0.2) is 6.23 Å². The SMILES string of the molecule is O=c1ccn([C@@H]2O[C@@H](C[NH+]3CCCC3)[C@H](O)[C@H]2O)c(=O)[nH]1. The number of nitrogens with one attached hydrogen (secondary N) is 2. The minimum atomic E-state index is -1.19. The quantitative estimate of drug-likeness (QED) is 0.471. The molecule has 3 rings (SSSR count). The molecule has 4 N–H and O–H groups in total. The first-order valence-electron chi connectivity index (χ1n) is 7.23. The van der Waals surface area contributed by atoms with Crippen molar-refractivity contribution in [3.63, 3.8) is 0 Å². The Hall–Kier alpha value is -1.48. The highest BCUT2D eigenvalue weighted by Gasteiger charge is 2.45. The third kappa shape index (κ3) is 2.80. The maximum Gasteiger partial charge on any atom is 0.330 e. The van der Waals surface area contributed by atoms with E-state index in [0.717, 1.165) is 30.5 Å². The molecule has 0 unspecified atom stereocenters. The fourth-order valence-electron chi connectivity index (χ4n) is 3.12. The maximum atomic E-state index is 11.8. The van der Waals surface area contributed by atoms with Gasteiger partial charge in [-0.3, -0.25) is 14.3 Å². The molecule has 0 radical (unpaired) electrons. The van der Waals surface area contributed by atoms with E-state index in [1.54, 1.807) is 0 Å². The lowest BCUT2D eigenvalue weighted by Gasteiger charge is -2.19. The molecule has 116 valence electrons. The maximum absolute atomic E-state index is 11.8. The first-order valence-corrected chi connectivity index (χ1v) is 7.23. The van der Waals surface area contributed by atoms with Gasteiger partial charge in [0.1, 0.15) is 24.9 Å². The molecule has 2 aliphatic heterocycles. The smallest absolute Gasteiger partial charge is 0.330 e. The number of ether oxygens (including phenoxy) is 1. The Kier molecular flexibility index (Phi) is 3.94. The van der Waals surface area contributed by atoms with Crippen LogP contribution in [-0.4, -0.2) is 57.7 Å². The number of rotatable bonds is 3. The van der Waals surface area contributed by atoms with Crippen molar-refractivity contribution in [2.75, 3.05) is 19.6 Å². The van der Waals surface area contributed by atoms with Gasteiger partial charge in [0.25, 0.3) is 5.56 Å². The Labute approximate surface area is 120 Å². The summed E-state index contributed by atoms with van der Waals surface area (Å²) in [6.07, 6.45) is -0.143. The number of likely N-dealkylation sites (tertiary alicyclic amines) is 1. The molecule has 0 aromatic carbocycles. The van der Waals surface area contributed by atoms with Gasteiger partial charge >= 0.3 is 5.69 Å². The minimum absolute atomic E-state index is 0.512. The number of aromatic nitrogens is 2. The summed E-state index contributed by atoms with van der Waals surface area (Å²) in [7, 11) is 0. The third-order valence-electron chi connectivity index (χ3n) is 4.26. The van der Waals surface area contributed by atoms with Gasteiger partial charge < -0.3 is 19.8 Å². The molecular weight excluding hydrogens is 278 g/mol. The lowest BCUT2D eigenvalue weighted by molar-refractivity contribution is -0.891. The Morgan fingerprint density at radius 1 is 1.29 bits per heavy atom. The summed E-state index contributed by atoms with van der Waals surface area (Å²) in [5.41, 5.74) is -1.17. The van der Waals surface area contributed by atoms with Gasteiger partial charge in [0, 0.05) is 25.1 Å². The molecule has 4 atom stereocenters. The number of aliphatic hydroxyl groups excluding tert-OH is 2. The van der Waals surface area contributed by atoms with Crippen molar-refractivity contribution in [2.45, 2.75) is 37.4 Å². The molecule has 1 aromatic heterocycles. The van der Waals surface area contributed by atoms with Crippen LogP contribution in [0.1, 0.15) is 19.1 Å². The number of hydrogen-bond donors (Lipinski definition) is 4. The average Bonchev–Trinajstić information content (AvgIpc) is 3.04. The van der Waals surface area contributed by atoms with Crippen LogP contribution in [0.4, 0.5) is 0 Å². The Bertz CT molecular complexity index is 606. The second-order valence-corrected chi connectivity index (χ2v) is 5.72. The molecule has 1 aromatic rings. The molecule has 2 aliphatic rings. The second kappa shape index (κ2) is 5.72. The van der Waals surface area contributed by atoms with E-state index in [2.05, 4.69) is 4.98 Å². The van der Waals surface area contributed by atoms with Gasteiger partial charge in [0.2, 0.25) is 0 Å². The molecule has 0 amide bonds. The van der Waals surface area contributed by atoms with E-state index in [1.807, 2.05) is 0 Å². The topological polar surface area (TPSA) is 109 Å². The van der Waals surface area contributed by atoms with Gasteiger partial charge in [-0.2, -0.15) is 0 Å². The molecule has 8 heteroatoms. The molecule has 2 saturated heterocycles. The fourth-order valence-corrected chi connectivity index (χ4v) is 3.12. The zero-order valence-corrected chi connectivity index (χ0v) is 11.6. The van der Waals surface area contributed by atoms with Crippen LogP contribution >= 0.6 is 0 Å². The van der Waals surface area contributed by atoms with E-state index in [1.165, 1.54) is 17.2 Å². The van der Waals surface area contributed by atoms with E-state index in [0.29, 0.717) is 6.54 Å². The summed E-state index contributed by atoms with van der Waals surface area (Å²) in [5.74, 6) is 0. The standard InChI is InChI=1S/C13H19N3O5/c17-9-3-6-16(13(20)14-9)12-11(19)10(18)8(21-12)7-15-4-1-2-5-15/h3,6,8,10-12,18-19H,1-2,4-5,7H2,(H,14,17,20)/p+1/t8-,10-,11+,12+/m0/s1. The Morgan fingerprint density at radius 3 is 2.67 bits per heavy atom. The van der Waals surface area contributed by atoms with Crippen LogP contribution in [-0.2, 0) is 4.74 Å². The van der Waals surface area contributed by atoms with E-state index in [9.17, 15) is 19.8 Å². The number of quaternary nitrogens is 1. The molecule has 0 saturated carbocycles. The number of aromatic amines is 1. The van der Waals surface area contributed by atoms with Crippen molar-refractivity contribution >= 4 is 0 Å². The highest BCUT2D eigenvalue weighted by molar-refractivity contribution is 4.93. The van der Waals surface area contributed by atoms with Crippen LogP contribution in [0.15, 0.2) is 21.9 Å². The summed E-state index contributed by atoms with van der Waals surface area (Å²) in [4.78, 5) is 26.3. The van der Waals surface area contributed by atoms with Crippen LogP contribution in [0.2, 0.25) is 0 Å². The lowest BCUT2D eigenvalue weighted by Crippen LogP contribution is -3.11. The monoisotopic (exact) mass is 298 g/mol. The van der Waals surface area contributed by atoms with E-state index >= 15 is 0 Å². The van der Waals surface area contributed by atoms with Crippen molar-refractivity contribution in [1.82, 2.24) is 9.55 Å². The Balaban J connectivity index is 1.77. The molecule has 0 bridgehead atoms. The normalized spacial score (nSPS) is 33.6. The molecule has 8 nitrogen and oxygen atoms in total. The minimum Gasteiger partial charge on any atom is -0.387 e. The Morgan fingerprint density at radius 2 is 2.00 bits per heavy atom. The van der Waals surface area contributed by atoms with Gasteiger partial charge in [-0.25, -0.2) is 4.79 Å². The van der Waals surface area contributed by atoms with Crippen LogP contribution in [0.25, 0.3) is 0 Å². The summed E-state index contributed by atoms with van der Waals surface area (Å²) in [6.45, 7) is 2.67. The van der Waals surface area contributed by atoms with Gasteiger partial charge in [-0.1, -0.05) is 0 Å². The fraction of sp³-hybridized carbons (Fsp3) is 0.692. The lowest BCUT2D eigenvalue weighted by atomic mass is 10.1. The second-order valence-electron chi connectivity index (χ2n) is 5.72. The molecule has 3 heterocycles. The average molecular weight is 298 g/mol. The van der Waals surface area contributed by atoms with Crippen LogP contribution in [0, 0.1) is 0 Å². The predicted molar refractivity (Wildman–Crippen MR) is 72.0 cm³/mol. The zero-order chi connectivity index (χ0) is 15.0. The summed E-state index contributed by atoms with van der Waals surface area (Å²) in [5, 5.41) is 20.2. The molecule has 2 fully saturated rings. The number of H-pyrrole nitrogens is 1. The van der Waals surface area contributed by atoms with E-state index < -0.39 is 35.8 Å². The number of nitrogens with zero attached hydrogens (tertiary/aromatic N) is 1. The van der Waals surface area contributed by atoms with Gasteiger partial charge in [-0.05, 0) is 0 Å². The van der Waals surface area contributed by atoms with Crippen molar-refractivity contribution in [3.05, 3.63) is 33.1 Å². The molecule has 21 heavy (non-hydrogen) atoms. The van der Waals surface area contributed by atoms with Crippen molar-refractivity contribution in [1.29, 1.82) is 0 Å². The number of hydrogen-bond acceptors (Lipinski definition) is 5. The van der Waals surface area contributed by atoms with Gasteiger partial charge in [0.05, 0.1) is 13.1 Å². The molecule has 0 spiro atoms. The molecular formula is C13H20N3O5+. The highest BCUT2D eigenvalue weighted by atomic mass is 16.6. The first-order chi connectivity index (χ1) is 10.1. The predicted octanol–water partition coefficient (Wildman–Crippen LogP) is -3.17. The first kappa shape index (κ1) is 14.5. The van der Waals surface area contributed by atoms with Crippen molar-refractivity contribution in [2.24, 2.45) is 0 Å².